The first-order chi connectivity index (χ1) is 14.8. The largest absolute Gasteiger partial charge is 0.491 e. The molecule has 0 heterocycles. The Balaban J connectivity index is 3.00. The number of alkyl halides is 1. The molecule has 6 nitrogen and oxygen atoms in total. The fourth-order valence-corrected chi connectivity index (χ4v) is 3.79. The molecule has 0 saturated heterocycles. The van der Waals surface area contributed by atoms with E-state index in [1.807, 2.05) is 6.07 Å². The second-order valence-corrected chi connectivity index (χ2v) is 10.7. The summed E-state index contributed by atoms with van der Waals surface area (Å²) in [6, 6.07) is 5.69. The number of halogens is 1. The van der Waals surface area contributed by atoms with Gasteiger partial charge in [0, 0.05) is 6.04 Å². The molecule has 0 bridgehead atoms. The van der Waals surface area contributed by atoms with Crippen molar-refractivity contribution in [1.29, 1.82) is 0 Å². The number of rotatable bonds is 13. The Morgan fingerprint density at radius 3 is 2.28 bits per heavy atom. The lowest BCUT2D eigenvalue weighted by molar-refractivity contribution is -0.142. The lowest BCUT2D eigenvalue weighted by Crippen LogP contribution is -2.39. The van der Waals surface area contributed by atoms with Crippen molar-refractivity contribution in [3.63, 3.8) is 0 Å². The highest BCUT2D eigenvalue weighted by Crippen LogP contribution is 2.34. The van der Waals surface area contributed by atoms with Crippen LogP contribution in [0.4, 0.5) is 0 Å². The minimum absolute atomic E-state index is 0.112. The summed E-state index contributed by atoms with van der Waals surface area (Å²) < 4.78 is 5.93. The number of ether oxygens (including phenoxy) is 1. The van der Waals surface area contributed by atoms with Crippen molar-refractivity contribution in [3.05, 3.63) is 29.3 Å². The molecule has 0 aliphatic carbocycles. The third kappa shape index (κ3) is 9.26. The summed E-state index contributed by atoms with van der Waals surface area (Å²) in [5, 5.41) is 29.3. The van der Waals surface area contributed by atoms with Crippen LogP contribution < -0.4 is 10.5 Å². The summed E-state index contributed by atoms with van der Waals surface area (Å²) in [7, 11) is 0. The van der Waals surface area contributed by atoms with Crippen LogP contribution in [0.3, 0.4) is 0 Å². The number of carboxylic acid groups (broad SMARTS) is 1. The maximum absolute atomic E-state index is 11.1. The molecule has 184 valence electrons. The van der Waals surface area contributed by atoms with Crippen LogP contribution in [-0.2, 0) is 16.6 Å². The summed E-state index contributed by atoms with van der Waals surface area (Å²) in [5.74, 6) is -0.178. The Hall–Kier alpha value is -1.34. The van der Waals surface area contributed by atoms with E-state index in [9.17, 15) is 15.0 Å². The standard InChI is InChI=1S/C25H42ClNO5/c1-15(2)18(12-21(27)22(29)9-16(3)24(30)31)10-17-7-8-20(25(4,5)6)23(11-17)32-14-19(28)13-26/h7-8,11,15-16,18-19,21-22,28-29H,9-10,12-14,27H2,1-6H3,(H,30,31)/t16-,18-,19-,21-,22-/m0/s1. The van der Waals surface area contributed by atoms with Crippen molar-refractivity contribution >= 4 is 17.6 Å². The van der Waals surface area contributed by atoms with Crippen LogP contribution in [0.1, 0.15) is 65.5 Å². The van der Waals surface area contributed by atoms with Gasteiger partial charge in [0.1, 0.15) is 18.5 Å². The van der Waals surface area contributed by atoms with Crippen LogP contribution in [0.25, 0.3) is 0 Å². The third-order valence-electron chi connectivity index (χ3n) is 5.99. The summed E-state index contributed by atoms with van der Waals surface area (Å²) in [6.07, 6.45) is -0.105. The van der Waals surface area contributed by atoms with Crippen molar-refractivity contribution < 1.29 is 24.9 Å². The Labute approximate surface area is 198 Å². The van der Waals surface area contributed by atoms with Gasteiger partial charge in [-0.25, -0.2) is 0 Å². The quantitative estimate of drug-likeness (QED) is 0.324. The third-order valence-corrected chi connectivity index (χ3v) is 6.35. The number of carboxylic acids is 1. The van der Waals surface area contributed by atoms with Crippen LogP contribution >= 0.6 is 11.6 Å². The number of hydrogen-bond donors (Lipinski definition) is 4. The molecule has 0 unspecified atom stereocenters. The van der Waals surface area contributed by atoms with Gasteiger partial charge in [-0.3, -0.25) is 4.79 Å². The molecule has 0 saturated carbocycles. The molecule has 5 N–H and O–H groups in total. The van der Waals surface area contributed by atoms with Gasteiger partial charge in [-0.1, -0.05) is 53.7 Å². The second kappa shape index (κ2) is 12.8. The summed E-state index contributed by atoms with van der Waals surface area (Å²) >= 11 is 5.71. The van der Waals surface area contributed by atoms with E-state index in [1.54, 1.807) is 6.92 Å². The van der Waals surface area contributed by atoms with E-state index in [1.165, 1.54) is 0 Å². The lowest BCUT2D eigenvalue weighted by atomic mass is 9.81. The molecule has 7 heteroatoms. The topological polar surface area (TPSA) is 113 Å². The van der Waals surface area contributed by atoms with Gasteiger partial charge in [-0.15, -0.1) is 11.6 Å². The molecule has 0 fully saturated rings. The molecule has 32 heavy (non-hydrogen) atoms. The van der Waals surface area contributed by atoms with Crippen LogP contribution in [0.15, 0.2) is 18.2 Å². The molecule has 0 aliphatic rings. The van der Waals surface area contributed by atoms with Gasteiger partial charge in [0.2, 0.25) is 0 Å². The van der Waals surface area contributed by atoms with Crippen molar-refractivity contribution in [2.45, 2.75) is 84.5 Å². The van der Waals surface area contributed by atoms with Crippen LogP contribution in [0.2, 0.25) is 0 Å². The van der Waals surface area contributed by atoms with Crippen LogP contribution in [0, 0.1) is 17.8 Å². The van der Waals surface area contributed by atoms with Gasteiger partial charge in [-0.05, 0) is 53.7 Å². The number of hydrogen-bond acceptors (Lipinski definition) is 5. The second-order valence-electron chi connectivity index (χ2n) is 10.3. The maximum atomic E-state index is 11.1. The van der Waals surface area contributed by atoms with E-state index in [2.05, 4.69) is 46.8 Å². The molecule has 0 aromatic heterocycles. The first-order valence-corrected chi connectivity index (χ1v) is 12.0. The van der Waals surface area contributed by atoms with E-state index in [0.29, 0.717) is 12.3 Å². The monoisotopic (exact) mass is 471 g/mol. The van der Waals surface area contributed by atoms with Crippen LogP contribution in [-0.4, -0.2) is 52.0 Å². The first-order valence-electron chi connectivity index (χ1n) is 11.4. The summed E-state index contributed by atoms with van der Waals surface area (Å²) in [4.78, 5) is 11.1. The highest BCUT2D eigenvalue weighted by Gasteiger charge is 2.26. The van der Waals surface area contributed by atoms with Gasteiger partial charge in [-0.2, -0.15) is 0 Å². The normalized spacial score (nSPS) is 17.0. The minimum Gasteiger partial charge on any atom is -0.491 e. The molecule has 1 rings (SSSR count). The molecule has 0 aliphatic heterocycles. The molecule has 1 aromatic carbocycles. The number of carbonyl (C=O) groups is 1. The van der Waals surface area contributed by atoms with E-state index < -0.39 is 30.1 Å². The molecule has 5 atom stereocenters. The van der Waals surface area contributed by atoms with E-state index >= 15 is 0 Å². The van der Waals surface area contributed by atoms with Crippen molar-refractivity contribution in [2.24, 2.45) is 23.5 Å². The van der Waals surface area contributed by atoms with Gasteiger partial charge in [0.25, 0.3) is 0 Å². The van der Waals surface area contributed by atoms with Crippen molar-refractivity contribution in [3.8, 4) is 5.75 Å². The average Bonchev–Trinajstić information content (AvgIpc) is 2.70. The fraction of sp³-hybridized carbons (Fsp3) is 0.720. The highest BCUT2D eigenvalue weighted by atomic mass is 35.5. The summed E-state index contributed by atoms with van der Waals surface area (Å²) in [6.45, 7) is 12.3. The summed E-state index contributed by atoms with van der Waals surface area (Å²) in [5.41, 5.74) is 8.28. The molecular formula is C25H42ClNO5. The van der Waals surface area contributed by atoms with Gasteiger partial charge < -0.3 is 25.8 Å². The Bertz CT molecular complexity index is 719. The Kier molecular flexibility index (Phi) is 11.5. The number of benzene rings is 1. The van der Waals surface area contributed by atoms with E-state index in [4.69, 9.17) is 27.2 Å². The zero-order chi connectivity index (χ0) is 24.6. The Morgan fingerprint density at radius 1 is 1.16 bits per heavy atom. The Morgan fingerprint density at radius 2 is 1.78 bits per heavy atom. The first kappa shape index (κ1) is 28.7. The molecule has 0 radical (unpaired) electrons. The molecule has 0 spiro atoms. The zero-order valence-electron chi connectivity index (χ0n) is 20.3. The number of aliphatic hydroxyl groups is 2. The minimum atomic E-state index is -0.928. The average molecular weight is 472 g/mol. The lowest BCUT2D eigenvalue weighted by Gasteiger charge is -2.29. The van der Waals surface area contributed by atoms with E-state index in [0.717, 1.165) is 23.3 Å². The maximum Gasteiger partial charge on any atom is 0.306 e. The van der Waals surface area contributed by atoms with Crippen molar-refractivity contribution in [2.75, 3.05) is 12.5 Å². The smallest absolute Gasteiger partial charge is 0.306 e. The SMILES string of the molecule is CC(C)[C@@H](Cc1ccc(C(C)(C)C)c(OC[C@@H](O)CCl)c1)C[C@H](N)[C@@H](O)C[C@H](C)C(=O)O. The number of nitrogens with two attached hydrogens (primary N) is 1. The van der Waals surface area contributed by atoms with Gasteiger partial charge >= 0.3 is 5.97 Å². The predicted octanol–water partition coefficient (Wildman–Crippen LogP) is 3.97. The van der Waals surface area contributed by atoms with E-state index in [-0.39, 0.29) is 30.2 Å². The number of aliphatic carboxylic acids is 1. The van der Waals surface area contributed by atoms with Crippen LogP contribution in [0.5, 0.6) is 5.75 Å². The van der Waals surface area contributed by atoms with Gasteiger partial charge in [0.15, 0.2) is 0 Å². The fourth-order valence-electron chi connectivity index (χ4n) is 3.70. The zero-order valence-corrected chi connectivity index (χ0v) is 21.1. The predicted molar refractivity (Wildman–Crippen MR) is 129 cm³/mol. The number of aliphatic hydroxyl groups excluding tert-OH is 2. The van der Waals surface area contributed by atoms with Gasteiger partial charge in [0.05, 0.1) is 17.9 Å². The van der Waals surface area contributed by atoms with Crippen molar-refractivity contribution in [1.82, 2.24) is 0 Å². The highest BCUT2D eigenvalue weighted by molar-refractivity contribution is 6.18. The molecule has 0 amide bonds. The molecule has 1 aromatic rings. The molecular weight excluding hydrogens is 430 g/mol.